The van der Waals surface area contributed by atoms with Crippen LogP contribution in [0.4, 0.5) is 14.5 Å². The molecule has 5 atom stereocenters. The predicted octanol–water partition coefficient (Wildman–Crippen LogP) is 4.37. The number of amides is 2. The molecule has 1 aliphatic heterocycles. The number of benzene rings is 2. The SMILES string of the molecule is COc1cccc([C@]2(O)C(=O)N(C[C@H]3C[C@@H](C(F)F)[C@H](NC(=O)c4cccnc4)C[C@H]3Cl)c3ccccc32)c1. The molecule has 0 unspecified atom stereocenters. The number of hydrogen-bond acceptors (Lipinski definition) is 5. The molecule has 1 saturated carbocycles. The van der Waals surface area contributed by atoms with E-state index in [4.69, 9.17) is 16.3 Å². The summed E-state index contributed by atoms with van der Waals surface area (Å²) >= 11 is 6.73. The topological polar surface area (TPSA) is 91.8 Å². The van der Waals surface area contributed by atoms with Gasteiger partial charge in [-0.3, -0.25) is 14.6 Å². The molecule has 2 heterocycles. The lowest BCUT2D eigenvalue weighted by atomic mass is 9.77. The highest BCUT2D eigenvalue weighted by molar-refractivity contribution is 6.21. The number of aromatic nitrogens is 1. The Balaban J connectivity index is 1.39. The molecule has 2 N–H and O–H groups in total. The van der Waals surface area contributed by atoms with Crippen molar-refractivity contribution in [2.45, 2.75) is 36.3 Å². The van der Waals surface area contributed by atoms with Crippen LogP contribution in [0.3, 0.4) is 0 Å². The minimum Gasteiger partial charge on any atom is -0.497 e. The van der Waals surface area contributed by atoms with Crippen molar-refractivity contribution in [3.8, 4) is 5.75 Å². The Morgan fingerprint density at radius 2 is 2.00 bits per heavy atom. The Labute approximate surface area is 229 Å². The fraction of sp³-hybridized carbons (Fsp3) is 0.345. The van der Waals surface area contributed by atoms with E-state index in [0.717, 1.165) is 0 Å². The van der Waals surface area contributed by atoms with Crippen LogP contribution in [0.15, 0.2) is 73.1 Å². The van der Waals surface area contributed by atoms with Crippen LogP contribution in [0.25, 0.3) is 0 Å². The largest absolute Gasteiger partial charge is 0.497 e. The molecule has 0 bridgehead atoms. The Bertz CT molecular complexity index is 1360. The van der Waals surface area contributed by atoms with E-state index in [9.17, 15) is 23.5 Å². The molecule has 2 amide bonds. The first-order valence-electron chi connectivity index (χ1n) is 12.7. The number of hydrogen-bond donors (Lipinski definition) is 2. The zero-order chi connectivity index (χ0) is 27.7. The second-order valence-corrected chi connectivity index (χ2v) is 10.5. The van der Waals surface area contributed by atoms with Gasteiger partial charge in [0.15, 0.2) is 5.60 Å². The molecule has 1 aromatic heterocycles. The van der Waals surface area contributed by atoms with Crippen LogP contribution < -0.4 is 15.0 Å². The summed E-state index contributed by atoms with van der Waals surface area (Å²) in [7, 11) is 1.50. The van der Waals surface area contributed by atoms with Crippen LogP contribution >= 0.6 is 11.6 Å². The number of aliphatic hydroxyl groups is 1. The number of carbonyl (C=O) groups is 2. The molecule has 10 heteroatoms. The van der Waals surface area contributed by atoms with Gasteiger partial charge in [-0.15, -0.1) is 11.6 Å². The van der Waals surface area contributed by atoms with E-state index in [1.165, 1.54) is 24.4 Å². The summed E-state index contributed by atoms with van der Waals surface area (Å²) in [6.07, 6.45) is 0.290. The van der Waals surface area contributed by atoms with Gasteiger partial charge in [0.1, 0.15) is 5.75 Å². The number of rotatable bonds is 7. The summed E-state index contributed by atoms with van der Waals surface area (Å²) < 4.78 is 33.7. The van der Waals surface area contributed by atoms with E-state index in [2.05, 4.69) is 10.3 Å². The van der Waals surface area contributed by atoms with Crippen molar-refractivity contribution in [2.24, 2.45) is 11.8 Å². The van der Waals surface area contributed by atoms with Crippen LogP contribution in [-0.2, 0) is 10.4 Å². The van der Waals surface area contributed by atoms with E-state index >= 15 is 0 Å². The van der Waals surface area contributed by atoms with Gasteiger partial charge in [-0.1, -0.05) is 30.3 Å². The van der Waals surface area contributed by atoms with Gasteiger partial charge in [0.05, 0.1) is 18.4 Å². The lowest BCUT2D eigenvalue weighted by Crippen LogP contribution is -2.52. The standard InChI is InChI=1S/C29H28ClF2N3O4/c1-39-20-8-4-7-19(13-20)29(38)22-9-2-3-10-25(22)35(28(29)37)16-18-12-21(26(31)32)24(14-23(18)30)34-27(36)17-6-5-11-33-15-17/h2-11,13,15,18,21,23-24,26,38H,12,14,16H2,1H3,(H,34,36)/t18-,21-,23-,24-,29-/m1/s1. The first-order chi connectivity index (χ1) is 18.7. The third-order valence-corrected chi connectivity index (χ3v) is 8.22. The highest BCUT2D eigenvalue weighted by Crippen LogP contribution is 2.46. The summed E-state index contributed by atoms with van der Waals surface area (Å²) in [6.45, 7) is 0.0444. The molecule has 39 heavy (non-hydrogen) atoms. The minimum atomic E-state index is -2.70. The van der Waals surface area contributed by atoms with Crippen LogP contribution in [0, 0.1) is 11.8 Å². The Hall–Kier alpha value is -3.56. The summed E-state index contributed by atoms with van der Waals surface area (Å²) in [4.78, 5) is 31.8. The van der Waals surface area contributed by atoms with E-state index in [0.29, 0.717) is 22.6 Å². The number of ether oxygens (including phenoxy) is 1. The lowest BCUT2D eigenvalue weighted by Gasteiger charge is -2.40. The summed E-state index contributed by atoms with van der Waals surface area (Å²) in [5.41, 5.74) is -0.454. The molecule has 0 saturated heterocycles. The molecule has 3 aromatic rings. The van der Waals surface area contributed by atoms with Gasteiger partial charge in [-0.2, -0.15) is 0 Å². The molecular formula is C29H28ClF2N3O4. The highest BCUT2D eigenvalue weighted by Gasteiger charge is 2.52. The summed E-state index contributed by atoms with van der Waals surface area (Å²) in [5.74, 6) is -2.25. The second kappa shape index (κ2) is 10.9. The van der Waals surface area contributed by atoms with Crippen LogP contribution in [-0.4, -0.2) is 53.4 Å². The number of fused-ring (bicyclic) bond motifs is 1. The Morgan fingerprint density at radius 3 is 2.72 bits per heavy atom. The van der Waals surface area contributed by atoms with Crippen LogP contribution in [0.1, 0.15) is 34.3 Å². The fourth-order valence-corrected chi connectivity index (χ4v) is 6.01. The Kier molecular flexibility index (Phi) is 7.55. The minimum absolute atomic E-state index is 0.00659. The number of alkyl halides is 3. The van der Waals surface area contributed by atoms with Gasteiger partial charge in [0.25, 0.3) is 11.8 Å². The highest BCUT2D eigenvalue weighted by atomic mass is 35.5. The zero-order valence-corrected chi connectivity index (χ0v) is 21.9. The molecular weight excluding hydrogens is 528 g/mol. The van der Waals surface area contributed by atoms with Crippen LogP contribution in [0.5, 0.6) is 5.75 Å². The molecule has 0 spiro atoms. The molecule has 204 valence electrons. The van der Waals surface area contributed by atoms with E-state index in [1.807, 2.05) is 0 Å². The van der Waals surface area contributed by atoms with E-state index < -0.39 is 47.1 Å². The summed E-state index contributed by atoms with van der Waals surface area (Å²) in [5, 5.41) is 13.9. The van der Waals surface area contributed by atoms with Crippen molar-refractivity contribution in [2.75, 3.05) is 18.6 Å². The zero-order valence-electron chi connectivity index (χ0n) is 21.1. The van der Waals surface area contributed by atoms with Gasteiger partial charge < -0.3 is 20.1 Å². The molecule has 0 radical (unpaired) electrons. The van der Waals surface area contributed by atoms with Crippen molar-refractivity contribution in [3.05, 3.63) is 89.7 Å². The van der Waals surface area contributed by atoms with Crippen molar-refractivity contribution in [1.82, 2.24) is 10.3 Å². The number of carbonyl (C=O) groups excluding carboxylic acids is 2. The molecule has 7 nitrogen and oxygen atoms in total. The van der Waals surface area contributed by atoms with Crippen LogP contribution in [0.2, 0.25) is 0 Å². The lowest BCUT2D eigenvalue weighted by molar-refractivity contribution is -0.132. The molecule has 5 rings (SSSR count). The second-order valence-electron chi connectivity index (χ2n) is 9.94. The maximum absolute atomic E-state index is 14.2. The van der Waals surface area contributed by atoms with Gasteiger partial charge in [-0.05, 0) is 49.1 Å². The average molecular weight is 556 g/mol. The van der Waals surface area contributed by atoms with Gasteiger partial charge >= 0.3 is 0 Å². The maximum Gasteiger partial charge on any atom is 0.268 e. The number of nitrogens with one attached hydrogen (secondary N) is 1. The monoisotopic (exact) mass is 555 g/mol. The fourth-order valence-electron chi connectivity index (χ4n) is 5.63. The number of pyridine rings is 1. The van der Waals surface area contributed by atoms with Gasteiger partial charge in [0.2, 0.25) is 6.43 Å². The Morgan fingerprint density at radius 1 is 1.21 bits per heavy atom. The van der Waals surface area contributed by atoms with Gasteiger partial charge in [0, 0.05) is 47.4 Å². The van der Waals surface area contributed by atoms with E-state index in [-0.39, 0.29) is 24.9 Å². The third-order valence-electron chi connectivity index (χ3n) is 7.69. The smallest absolute Gasteiger partial charge is 0.268 e. The number of methoxy groups -OCH3 is 1. The van der Waals surface area contributed by atoms with Crippen molar-refractivity contribution >= 4 is 29.1 Å². The summed E-state index contributed by atoms with van der Waals surface area (Å²) in [6, 6.07) is 15.8. The molecule has 2 aliphatic rings. The first-order valence-corrected chi connectivity index (χ1v) is 13.1. The first kappa shape index (κ1) is 27.0. The number of nitrogens with zero attached hydrogens (tertiary/aromatic N) is 2. The number of halogens is 3. The average Bonchev–Trinajstić information content (AvgIpc) is 3.17. The van der Waals surface area contributed by atoms with Crippen molar-refractivity contribution in [1.29, 1.82) is 0 Å². The molecule has 1 aliphatic carbocycles. The normalized spacial score (nSPS) is 26.4. The van der Waals surface area contributed by atoms with E-state index in [1.54, 1.807) is 60.7 Å². The maximum atomic E-state index is 14.2. The quantitative estimate of drug-likeness (QED) is 0.423. The molecule has 2 aromatic carbocycles. The van der Waals surface area contributed by atoms with Crippen molar-refractivity contribution in [3.63, 3.8) is 0 Å². The number of anilines is 1. The third kappa shape index (κ3) is 4.96. The molecule has 1 fully saturated rings. The van der Waals surface area contributed by atoms with Gasteiger partial charge in [-0.25, -0.2) is 8.78 Å². The van der Waals surface area contributed by atoms with Crippen molar-refractivity contribution < 1.29 is 28.2 Å². The predicted molar refractivity (Wildman–Crippen MR) is 142 cm³/mol. The number of para-hydroxylation sites is 1.